The van der Waals surface area contributed by atoms with Crippen molar-refractivity contribution >= 4 is 17.5 Å². The van der Waals surface area contributed by atoms with Crippen LogP contribution in [0.15, 0.2) is 17.3 Å². The van der Waals surface area contributed by atoms with Gasteiger partial charge in [0.05, 0.1) is 5.75 Å². The van der Waals surface area contributed by atoms with Crippen molar-refractivity contribution in [3.05, 3.63) is 40.2 Å². The highest BCUT2D eigenvalue weighted by atomic mass is 32.2. The molecule has 0 aliphatic carbocycles. The lowest BCUT2D eigenvalue weighted by molar-refractivity contribution is 0.102. The topological polar surface area (TPSA) is 58.6 Å². The summed E-state index contributed by atoms with van der Waals surface area (Å²) in [5.74, 6) is 1.34. The molecule has 0 aliphatic rings. The first kappa shape index (κ1) is 14.8. The van der Waals surface area contributed by atoms with Gasteiger partial charge in [0.2, 0.25) is 5.16 Å². The number of thioether (sulfide) groups is 1. The van der Waals surface area contributed by atoms with E-state index >= 15 is 0 Å². The third-order valence-corrected chi connectivity index (χ3v) is 4.17. The summed E-state index contributed by atoms with van der Waals surface area (Å²) >= 11 is 1.38. The second kappa shape index (κ2) is 6.22. The van der Waals surface area contributed by atoms with E-state index in [2.05, 4.69) is 28.2 Å². The van der Waals surface area contributed by atoms with Gasteiger partial charge in [0, 0.05) is 12.0 Å². The van der Waals surface area contributed by atoms with Crippen LogP contribution in [0.2, 0.25) is 0 Å². The summed E-state index contributed by atoms with van der Waals surface area (Å²) in [6, 6.07) is 4.04. The van der Waals surface area contributed by atoms with Crippen LogP contribution in [-0.2, 0) is 6.42 Å². The number of ketones is 1. The highest BCUT2D eigenvalue weighted by Gasteiger charge is 2.12. The van der Waals surface area contributed by atoms with Crippen molar-refractivity contribution in [1.29, 1.82) is 0 Å². The molecule has 2 rings (SSSR count). The molecule has 1 N–H and O–H groups in total. The van der Waals surface area contributed by atoms with Gasteiger partial charge in [-0.05, 0) is 43.5 Å². The maximum atomic E-state index is 12.3. The molecular weight excluding hydrogens is 270 g/mol. The van der Waals surface area contributed by atoms with E-state index < -0.39 is 0 Å². The zero-order valence-corrected chi connectivity index (χ0v) is 13.1. The van der Waals surface area contributed by atoms with E-state index in [1.807, 2.05) is 26.8 Å². The molecule has 0 fully saturated rings. The summed E-state index contributed by atoms with van der Waals surface area (Å²) < 4.78 is 0. The second-order valence-corrected chi connectivity index (χ2v) is 5.82. The number of hydrogen-bond donors (Lipinski definition) is 1. The van der Waals surface area contributed by atoms with Crippen molar-refractivity contribution in [2.75, 3.05) is 5.75 Å². The molecule has 1 aromatic heterocycles. The summed E-state index contributed by atoms with van der Waals surface area (Å²) in [7, 11) is 0. The number of hydrogen-bond acceptors (Lipinski definition) is 4. The lowest BCUT2D eigenvalue weighted by Crippen LogP contribution is -2.06. The number of rotatable bonds is 5. The average molecular weight is 289 g/mol. The maximum absolute atomic E-state index is 12.3. The van der Waals surface area contributed by atoms with E-state index in [9.17, 15) is 4.79 Å². The van der Waals surface area contributed by atoms with Gasteiger partial charge in [0.1, 0.15) is 5.82 Å². The summed E-state index contributed by atoms with van der Waals surface area (Å²) in [5, 5.41) is 7.57. The summed E-state index contributed by atoms with van der Waals surface area (Å²) in [6.07, 6.45) is 0.817. The average Bonchev–Trinajstić information content (AvgIpc) is 2.88. The van der Waals surface area contributed by atoms with Crippen LogP contribution in [0.1, 0.15) is 39.8 Å². The van der Waals surface area contributed by atoms with Crippen LogP contribution in [0.25, 0.3) is 0 Å². The predicted molar refractivity (Wildman–Crippen MR) is 81.5 cm³/mol. The smallest absolute Gasteiger partial charge is 0.208 e. The Hall–Kier alpha value is -1.62. The monoisotopic (exact) mass is 289 g/mol. The summed E-state index contributed by atoms with van der Waals surface area (Å²) in [5.41, 5.74) is 4.19. The Kier molecular flexibility index (Phi) is 4.60. The number of benzene rings is 1. The molecule has 0 atom stereocenters. The van der Waals surface area contributed by atoms with Gasteiger partial charge < -0.3 is 0 Å². The molecular formula is C15H19N3OS. The molecule has 1 aromatic carbocycles. The molecule has 0 aliphatic heterocycles. The second-order valence-electron chi connectivity index (χ2n) is 4.88. The quantitative estimate of drug-likeness (QED) is 0.678. The van der Waals surface area contributed by atoms with E-state index in [0.29, 0.717) is 10.9 Å². The highest BCUT2D eigenvalue weighted by Crippen LogP contribution is 2.19. The number of nitrogens with zero attached hydrogens (tertiary/aromatic N) is 2. The third kappa shape index (κ3) is 3.28. The Morgan fingerprint density at radius 3 is 2.55 bits per heavy atom. The number of aromatic amines is 1. The van der Waals surface area contributed by atoms with Crippen molar-refractivity contribution < 1.29 is 4.79 Å². The van der Waals surface area contributed by atoms with Crippen molar-refractivity contribution in [2.24, 2.45) is 0 Å². The Morgan fingerprint density at radius 2 is 1.90 bits per heavy atom. The van der Waals surface area contributed by atoms with Crippen molar-refractivity contribution in [3.8, 4) is 0 Å². The molecule has 0 saturated carbocycles. The van der Waals surface area contributed by atoms with E-state index in [1.54, 1.807) is 0 Å². The molecule has 5 heteroatoms. The lowest BCUT2D eigenvalue weighted by atomic mass is 9.99. The molecule has 0 unspecified atom stereocenters. The number of carbonyl (C=O) groups is 1. The molecule has 20 heavy (non-hydrogen) atoms. The molecule has 1 heterocycles. The van der Waals surface area contributed by atoms with Gasteiger partial charge >= 0.3 is 0 Å². The van der Waals surface area contributed by atoms with Crippen molar-refractivity contribution in [2.45, 2.75) is 39.3 Å². The minimum absolute atomic E-state index is 0.124. The predicted octanol–water partition coefficient (Wildman–Crippen LogP) is 3.27. The fourth-order valence-electron chi connectivity index (χ4n) is 1.97. The van der Waals surface area contributed by atoms with Crippen LogP contribution < -0.4 is 0 Å². The molecule has 4 nitrogen and oxygen atoms in total. The zero-order valence-electron chi connectivity index (χ0n) is 12.3. The number of carbonyl (C=O) groups excluding carboxylic acids is 1. The SMILES string of the molecule is CCc1nc(SCC(=O)c2cc(C)c(C)cc2C)n[nH]1. The van der Waals surface area contributed by atoms with Crippen LogP contribution in [0.5, 0.6) is 0 Å². The Bertz CT molecular complexity index is 634. The van der Waals surface area contributed by atoms with Crippen LogP contribution in [0.4, 0.5) is 0 Å². The first-order valence-electron chi connectivity index (χ1n) is 6.66. The standard InChI is InChI=1S/C15H19N3OS/c1-5-14-16-15(18-17-14)20-8-13(19)12-7-10(3)9(2)6-11(12)4/h6-7H,5,8H2,1-4H3,(H,16,17,18). The zero-order chi connectivity index (χ0) is 14.7. The van der Waals surface area contributed by atoms with Gasteiger partial charge in [-0.15, -0.1) is 5.10 Å². The van der Waals surface area contributed by atoms with E-state index in [4.69, 9.17) is 0 Å². The number of H-pyrrole nitrogens is 1. The van der Waals surface area contributed by atoms with Gasteiger partial charge in [-0.3, -0.25) is 9.89 Å². The Morgan fingerprint density at radius 1 is 1.20 bits per heavy atom. The normalized spacial score (nSPS) is 10.8. The largest absolute Gasteiger partial charge is 0.293 e. The van der Waals surface area contributed by atoms with E-state index in [0.717, 1.165) is 28.9 Å². The number of Topliss-reactive ketones (excluding diaryl/α,β-unsaturated/α-hetero) is 1. The third-order valence-electron chi connectivity index (χ3n) is 3.32. The van der Waals surface area contributed by atoms with E-state index in [-0.39, 0.29) is 5.78 Å². The van der Waals surface area contributed by atoms with Crippen LogP contribution in [0.3, 0.4) is 0 Å². The van der Waals surface area contributed by atoms with E-state index in [1.165, 1.54) is 17.3 Å². The van der Waals surface area contributed by atoms with Crippen LogP contribution >= 0.6 is 11.8 Å². The van der Waals surface area contributed by atoms with Gasteiger partial charge in [-0.2, -0.15) is 0 Å². The van der Waals surface area contributed by atoms with Gasteiger partial charge in [-0.25, -0.2) is 4.98 Å². The fourth-order valence-corrected chi connectivity index (χ4v) is 2.67. The molecule has 0 spiro atoms. The fraction of sp³-hybridized carbons (Fsp3) is 0.400. The van der Waals surface area contributed by atoms with Crippen molar-refractivity contribution in [1.82, 2.24) is 15.2 Å². The van der Waals surface area contributed by atoms with Crippen LogP contribution in [0, 0.1) is 20.8 Å². The minimum Gasteiger partial charge on any atom is -0.293 e. The molecule has 0 amide bonds. The molecule has 0 bridgehead atoms. The number of aromatic nitrogens is 3. The Labute approximate surface area is 123 Å². The van der Waals surface area contributed by atoms with Gasteiger partial charge in [0.15, 0.2) is 5.78 Å². The first-order valence-corrected chi connectivity index (χ1v) is 7.65. The van der Waals surface area contributed by atoms with Crippen molar-refractivity contribution in [3.63, 3.8) is 0 Å². The maximum Gasteiger partial charge on any atom is 0.208 e. The summed E-state index contributed by atoms with van der Waals surface area (Å²) in [6.45, 7) is 8.08. The van der Waals surface area contributed by atoms with Gasteiger partial charge in [-0.1, -0.05) is 24.8 Å². The van der Waals surface area contributed by atoms with Gasteiger partial charge in [0.25, 0.3) is 0 Å². The first-order chi connectivity index (χ1) is 9.51. The molecule has 0 radical (unpaired) electrons. The minimum atomic E-state index is 0.124. The molecule has 0 saturated heterocycles. The Balaban J connectivity index is 2.07. The molecule has 2 aromatic rings. The number of nitrogens with one attached hydrogen (secondary N) is 1. The summed E-state index contributed by atoms with van der Waals surface area (Å²) in [4.78, 5) is 16.6. The lowest BCUT2D eigenvalue weighted by Gasteiger charge is -2.08. The molecule has 106 valence electrons. The number of aryl methyl sites for hydroxylation is 4. The van der Waals surface area contributed by atoms with Crippen LogP contribution in [-0.4, -0.2) is 26.7 Å². The highest BCUT2D eigenvalue weighted by molar-refractivity contribution is 7.99.